The maximum Gasteiger partial charge on any atom is 0.137 e. The minimum atomic E-state index is 0.493. The summed E-state index contributed by atoms with van der Waals surface area (Å²) in [6.45, 7) is 2.39. The summed E-state index contributed by atoms with van der Waals surface area (Å²) in [7, 11) is 0. The first-order chi connectivity index (χ1) is 10.2. The molecule has 0 aliphatic rings. The lowest BCUT2D eigenvalue weighted by Crippen LogP contribution is -1.94. The summed E-state index contributed by atoms with van der Waals surface area (Å²) < 4.78 is 5.53. The van der Waals surface area contributed by atoms with Gasteiger partial charge in [0.2, 0.25) is 0 Å². The summed E-state index contributed by atoms with van der Waals surface area (Å²) in [5, 5.41) is 17.4. The van der Waals surface area contributed by atoms with Crippen LogP contribution in [0.4, 0.5) is 5.69 Å². The van der Waals surface area contributed by atoms with Gasteiger partial charge in [-0.15, -0.1) is 0 Å². The average molecular weight is 278 g/mol. The van der Waals surface area contributed by atoms with E-state index in [4.69, 9.17) is 10.5 Å². The molecule has 3 N–H and O–H groups in total. The molecular formula is C16H14N4O. The van der Waals surface area contributed by atoms with E-state index in [2.05, 4.69) is 16.3 Å². The van der Waals surface area contributed by atoms with Crippen molar-refractivity contribution in [2.75, 3.05) is 12.3 Å². The lowest BCUT2D eigenvalue weighted by atomic mass is 10.1. The highest BCUT2D eigenvalue weighted by molar-refractivity contribution is 5.95. The Morgan fingerprint density at radius 3 is 2.90 bits per heavy atom. The zero-order valence-corrected chi connectivity index (χ0v) is 11.6. The van der Waals surface area contributed by atoms with Gasteiger partial charge in [0, 0.05) is 16.6 Å². The van der Waals surface area contributed by atoms with Gasteiger partial charge in [0.15, 0.2) is 0 Å². The number of hydrogen-bond acceptors (Lipinski definition) is 4. The first kappa shape index (κ1) is 13.0. The minimum absolute atomic E-state index is 0.493. The van der Waals surface area contributed by atoms with E-state index in [0.29, 0.717) is 23.6 Å². The number of nitrogens with one attached hydrogen (secondary N) is 1. The van der Waals surface area contributed by atoms with Crippen LogP contribution in [0.2, 0.25) is 0 Å². The van der Waals surface area contributed by atoms with Crippen molar-refractivity contribution in [3.8, 4) is 23.1 Å². The molecule has 0 amide bonds. The van der Waals surface area contributed by atoms with Crippen LogP contribution in [0.15, 0.2) is 36.4 Å². The fourth-order valence-electron chi connectivity index (χ4n) is 2.31. The van der Waals surface area contributed by atoms with Crippen LogP contribution in [0, 0.1) is 11.3 Å². The number of nitrogens with zero attached hydrogens (tertiary/aromatic N) is 2. The van der Waals surface area contributed by atoms with Gasteiger partial charge < -0.3 is 10.5 Å². The highest BCUT2D eigenvalue weighted by Crippen LogP contribution is 2.32. The van der Waals surface area contributed by atoms with Crippen LogP contribution in [-0.4, -0.2) is 16.8 Å². The van der Waals surface area contributed by atoms with Gasteiger partial charge in [0.05, 0.1) is 17.7 Å². The van der Waals surface area contributed by atoms with Crippen LogP contribution in [0.3, 0.4) is 0 Å². The molecule has 0 atom stereocenters. The van der Waals surface area contributed by atoms with E-state index in [9.17, 15) is 5.26 Å². The Hall–Kier alpha value is -3.00. The maximum absolute atomic E-state index is 9.18. The summed E-state index contributed by atoms with van der Waals surface area (Å²) in [6.07, 6.45) is 0. The summed E-state index contributed by atoms with van der Waals surface area (Å²) in [6, 6.07) is 13.3. The molecule has 0 unspecified atom stereocenters. The van der Waals surface area contributed by atoms with Crippen LogP contribution in [-0.2, 0) is 0 Å². The van der Waals surface area contributed by atoms with Crippen LogP contribution in [0.5, 0.6) is 5.75 Å². The van der Waals surface area contributed by atoms with Crippen LogP contribution in [0.25, 0.3) is 22.2 Å². The van der Waals surface area contributed by atoms with Gasteiger partial charge in [-0.1, -0.05) is 12.1 Å². The number of nitrogens with two attached hydrogens (primary N) is 1. The molecule has 0 aliphatic carbocycles. The highest BCUT2D eigenvalue weighted by Gasteiger charge is 2.13. The van der Waals surface area contributed by atoms with Crippen molar-refractivity contribution in [3.05, 3.63) is 42.0 Å². The van der Waals surface area contributed by atoms with Crippen molar-refractivity contribution in [2.24, 2.45) is 0 Å². The zero-order chi connectivity index (χ0) is 14.8. The molecule has 0 spiro atoms. The second kappa shape index (κ2) is 5.17. The molecule has 1 aromatic heterocycles. The van der Waals surface area contributed by atoms with Crippen molar-refractivity contribution >= 4 is 16.6 Å². The van der Waals surface area contributed by atoms with Crippen LogP contribution < -0.4 is 10.5 Å². The van der Waals surface area contributed by atoms with Gasteiger partial charge >= 0.3 is 0 Å². The molecule has 0 fully saturated rings. The molecule has 21 heavy (non-hydrogen) atoms. The normalized spacial score (nSPS) is 10.5. The van der Waals surface area contributed by atoms with Gasteiger partial charge in [-0.3, -0.25) is 5.10 Å². The standard InChI is InChI=1S/C16H14N4O/c1-2-21-15-8-13-14(7-11(15)9-17)19-20-16(13)10-4-3-5-12(18)6-10/h3-8H,2,18H2,1H3,(H,19,20). The average Bonchev–Trinajstić information content (AvgIpc) is 2.89. The predicted molar refractivity (Wildman–Crippen MR) is 81.8 cm³/mol. The Balaban J connectivity index is 2.22. The largest absolute Gasteiger partial charge is 0.492 e. The molecule has 3 aromatic rings. The molecule has 5 heteroatoms. The topological polar surface area (TPSA) is 87.7 Å². The van der Waals surface area contributed by atoms with Gasteiger partial charge in [0.1, 0.15) is 17.5 Å². The highest BCUT2D eigenvalue weighted by atomic mass is 16.5. The lowest BCUT2D eigenvalue weighted by Gasteiger charge is -2.06. The maximum atomic E-state index is 9.18. The molecule has 0 bridgehead atoms. The Morgan fingerprint density at radius 2 is 2.19 bits per heavy atom. The fraction of sp³-hybridized carbons (Fsp3) is 0.125. The van der Waals surface area contributed by atoms with Gasteiger partial charge in [-0.2, -0.15) is 10.4 Å². The number of aromatic amines is 1. The third kappa shape index (κ3) is 2.28. The second-order valence-electron chi connectivity index (χ2n) is 4.64. The van der Waals surface area contributed by atoms with E-state index in [1.165, 1.54) is 0 Å². The zero-order valence-electron chi connectivity index (χ0n) is 11.6. The predicted octanol–water partition coefficient (Wildman–Crippen LogP) is 3.08. The fourth-order valence-corrected chi connectivity index (χ4v) is 2.31. The molecule has 2 aromatic carbocycles. The summed E-state index contributed by atoms with van der Waals surface area (Å²) in [4.78, 5) is 0. The number of H-pyrrole nitrogens is 1. The molecule has 0 saturated heterocycles. The van der Waals surface area contributed by atoms with E-state index >= 15 is 0 Å². The molecule has 0 radical (unpaired) electrons. The number of aromatic nitrogens is 2. The van der Waals surface area contributed by atoms with Gasteiger partial charge in [-0.05, 0) is 31.2 Å². The Kier molecular flexibility index (Phi) is 3.20. The van der Waals surface area contributed by atoms with E-state index in [1.54, 1.807) is 6.07 Å². The molecule has 1 heterocycles. The van der Waals surface area contributed by atoms with Crippen molar-refractivity contribution in [1.82, 2.24) is 10.2 Å². The monoisotopic (exact) mass is 278 g/mol. The van der Waals surface area contributed by atoms with Crippen molar-refractivity contribution in [1.29, 1.82) is 5.26 Å². The second-order valence-corrected chi connectivity index (χ2v) is 4.64. The van der Waals surface area contributed by atoms with Crippen LogP contribution in [0.1, 0.15) is 12.5 Å². The van der Waals surface area contributed by atoms with Crippen molar-refractivity contribution in [2.45, 2.75) is 6.92 Å². The molecule has 104 valence electrons. The minimum Gasteiger partial charge on any atom is -0.492 e. The number of ether oxygens (including phenoxy) is 1. The van der Waals surface area contributed by atoms with E-state index < -0.39 is 0 Å². The molecule has 3 rings (SSSR count). The van der Waals surface area contributed by atoms with Crippen molar-refractivity contribution in [3.63, 3.8) is 0 Å². The quantitative estimate of drug-likeness (QED) is 0.721. The number of nitrogen functional groups attached to an aromatic ring is 1. The summed E-state index contributed by atoms with van der Waals surface area (Å²) in [5.74, 6) is 0.569. The van der Waals surface area contributed by atoms with Crippen LogP contribution >= 0.6 is 0 Å². The number of nitriles is 1. The summed E-state index contributed by atoms with van der Waals surface area (Å²) in [5.41, 5.74) is 9.52. The molecule has 0 aliphatic heterocycles. The molecule has 0 saturated carbocycles. The number of hydrogen-bond donors (Lipinski definition) is 2. The Bertz CT molecular complexity index is 845. The smallest absolute Gasteiger partial charge is 0.137 e. The first-order valence-electron chi connectivity index (χ1n) is 6.64. The number of anilines is 1. The Morgan fingerprint density at radius 1 is 1.33 bits per heavy atom. The van der Waals surface area contributed by atoms with E-state index in [-0.39, 0.29) is 0 Å². The van der Waals surface area contributed by atoms with Crippen molar-refractivity contribution < 1.29 is 4.74 Å². The van der Waals surface area contributed by atoms with E-state index in [1.807, 2.05) is 37.3 Å². The molecular weight excluding hydrogens is 264 g/mol. The first-order valence-corrected chi connectivity index (χ1v) is 6.64. The lowest BCUT2D eigenvalue weighted by molar-refractivity contribution is 0.340. The third-order valence-electron chi connectivity index (χ3n) is 3.24. The number of rotatable bonds is 3. The number of benzene rings is 2. The summed E-state index contributed by atoms with van der Waals surface area (Å²) >= 11 is 0. The molecule has 5 nitrogen and oxygen atoms in total. The Labute approximate surface area is 122 Å². The van der Waals surface area contributed by atoms with E-state index in [0.717, 1.165) is 22.2 Å². The third-order valence-corrected chi connectivity index (χ3v) is 3.24. The van der Waals surface area contributed by atoms with Gasteiger partial charge in [0.25, 0.3) is 0 Å². The van der Waals surface area contributed by atoms with Gasteiger partial charge in [-0.25, -0.2) is 0 Å². The number of fused-ring (bicyclic) bond motifs is 1. The SMILES string of the molecule is CCOc1cc2c(-c3cccc(N)c3)n[nH]c2cc1C#N.